The lowest BCUT2D eigenvalue weighted by Gasteiger charge is -2.01. The van der Waals surface area contributed by atoms with E-state index in [2.05, 4.69) is 15.5 Å². The standard InChI is InChI=1S/C8H5FN4O2/c9-5-3-1-2-4-6(5)13-7(8(14)15)10-11-12-13/h1-4H,(H,14,15). The summed E-state index contributed by atoms with van der Waals surface area (Å²) >= 11 is 0. The molecule has 0 spiro atoms. The molecule has 1 heterocycles. The Bertz CT molecular complexity index is 511. The minimum Gasteiger partial charge on any atom is -0.475 e. The normalized spacial score (nSPS) is 10.2. The molecule has 76 valence electrons. The van der Waals surface area contributed by atoms with Crippen molar-refractivity contribution in [2.75, 3.05) is 0 Å². The molecule has 7 heteroatoms. The molecule has 0 aliphatic rings. The van der Waals surface area contributed by atoms with E-state index in [1.54, 1.807) is 6.07 Å². The second kappa shape index (κ2) is 3.45. The Morgan fingerprint density at radius 1 is 1.40 bits per heavy atom. The minimum absolute atomic E-state index is 0.0000926. The van der Waals surface area contributed by atoms with Crippen LogP contribution >= 0.6 is 0 Å². The van der Waals surface area contributed by atoms with Crippen molar-refractivity contribution in [3.8, 4) is 5.69 Å². The lowest BCUT2D eigenvalue weighted by molar-refractivity contribution is 0.0680. The Hall–Kier alpha value is -2.31. The van der Waals surface area contributed by atoms with E-state index in [-0.39, 0.29) is 5.69 Å². The smallest absolute Gasteiger partial charge is 0.376 e. The van der Waals surface area contributed by atoms with Crippen LogP contribution < -0.4 is 0 Å². The van der Waals surface area contributed by atoms with Crippen molar-refractivity contribution < 1.29 is 14.3 Å². The molecule has 0 atom stereocenters. The molecule has 0 bridgehead atoms. The molecule has 0 aliphatic carbocycles. The third-order valence-electron chi connectivity index (χ3n) is 1.74. The Kier molecular flexibility index (Phi) is 2.13. The van der Waals surface area contributed by atoms with Gasteiger partial charge >= 0.3 is 5.97 Å². The molecule has 0 amide bonds. The van der Waals surface area contributed by atoms with Crippen LogP contribution in [-0.4, -0.2) is 31.3 Å². The molecule has 1 aromatic heterocycles. The first-order valence-electron chi connectivity index (χ1n) is 3.96. The van der Waals surface area contributed by atoms with Gasteiger partial charge in [0.05, 0.1) is 0 Å². The minimum atomic E-state index is -1.32. The largest absolute Gasteiger partial charge is 0.475 e. The van der Waals surface area contributed by atoms with Gasteiger partial charge in [-0.1, -0.05) is 12.1 Å². The van der Waals surface area contributed by atoms with Crippen LogP contribution in [0.3, 0.4) is 0 Å². The number of para-hydroxylation sites is 1. The molecule has 0 aliphatic heterocycles. The van der Waals surface area contributed by atoms with Crippen LogP contribution in [0.2, 0.25) is 0 Å². The molecule has 2 aromatic rings. The van der Waals surface area contributed by atoms with Crippen LogP contribution in [0.4, 0.5) is 4.39 Å². The summed E-state index contributed by atoms with van der Waals surface area (Å²) in [6.07, 6.45) is 0. The maximum atomic E-state index is 13.3. The van der Waals surface area contributed by atoms with E-state index in [9.17, 15) is 9.18 Å². The summed E-state index contributed by atoms with van der Waals surface area (Å²) in [5, 5.41) is 18.6. The fraction of sp³-hybridized carbons (Fsp3) is 0. The SMILES string of the molecule is O=C(O)c1nnnn1-c1ccccc1F. The quantitative estimate of drug-likeness (QED) is 0.777. The van der Waals surface area contributed by atoms with Crippen LogP contribution in [0.5, 0.6) is 0 Å². The average Bonchev–Trinajstić information content (AvgIpc) is 2.67. The lowest BCUT2D eigenvalue weighted by atomic mass is 10.3. The topological polar surface area (TPSA) is 80.9 Å². The molecule has 6 nitrogen and oxygen atoms in total. The molecule has 0 saturated heterocycles. The van der Waals surface area contributed by atoms with Crippen molar-refractivity contribution in [2.45, 2.75) is 0 Å². The van der Waals surface area contributed by atoms with Crippen molar-refractivity contribution >= 4 is 5.97 Å². The van der Waals surface area contributed by atoms with Crippen molar-refractivity contribution in [3.63, 3.8) is 0 Å². The second-order valence-electron chi connectivity index (χ2n) is 2.67. The highest BCUT2D eigenvalue weighted by Gasteiger charge is 2.17. The average molecular weight is 208 g/mol. The molecular weight excluding hydrogens is 203 g/mol. The first kappa shape index (κ1) is 9.25. The molecule has 1 aromatic carbocycles. The van der Waals surface area contributed by atoms with Crippen LogP contribution in [0, 0.1) is 5.82 Å². The maximum Gasteiger partial charge on any atom is 0.376 e. The monoisotopic (exact) mass is 208 g/mol. The number of rotatable bonds is 2. The van der Waals surface area contributed by atoms with Gasteiger partial charge in [-0.2, -0.15) is 4.68 Å². The maximum absolute atomic E-state index is 13.3. The van der Waals surface area contributed by atoms with Gasteiger partial charge in [0.2, 0.25) is 0 Å². The van der Waals surface area contributed by atoms with Crippen molar-refractivity contribution in [1.29, 1.82) is 0 Å². The predicted molar refractivity (Wildman–Crippen MR) is 46.1 cm³/mol. The van der Waals surface area contributed by atoms with Gasteiger partial charge in [0.15, 0.2) is 0 Å². The summed E-state index contributed by atoms with van der Waals surface area (Å²) in [5.41, 5.74) is -0.0000926. The van der Waals surface area contributed by atoms with Gasteiger partial charge in [-0.05, 0) is 22.6 Å². The lowest BCUT2D eigenvalue weighted by Crippen LogP contribution is -2.10. The molecule has 0 radical (unpaired) electrons. The molecule has 2 rings (SSSR count). The highest BCUT2D eigenvalue weighted by atomic mass is 19.1. The van der Waals surface area contributed by atoms with E-state index in [4.69, 9.17) is 5.11 Å². The number of aromatic carboxylic acids is 1. The van der Waals surface area contributed by atoms with Gasteiger partial charge in [-0.15, -0.1) is 5.10 Å². The fourth-order valence-electron chi connectivity index (χ4n) is 1.11. The van der Waals surface area contributed by atoms with Crippen molar-refractivity contribution in [1.82, 2.24) is 20.2 Å². The van der Waals surface area contributed by atoms with E-state index in [0.29, 0.717) is 0 Å². The Balaban J connectivity index is 2.59. The Morgan fingerprint density at radius 3 is 2.80 bits per heavy atom. The number of halogens is 1. The van der Waals surface area contributed by atoms with Crippen molar-refractivity contribution in [3.05, 3.63) is 35.9 Å². The van der Waals surface area contributed by atoms with Gasteiger partial charge < -0.3 is 5.11 Å². The zero-order chi connectivity index (χ0) is 10.8. The zero-order valence-corrected chi connectivity index (χ0v) is 7.33. The highest BCUT2D eigenvalue weighted by Crippen LogP contribution is 2.12. The van der Waals surface area contributed by atoms with Crippen LogP contribution in [0.1, 0.15) is 10.6 Å². The van der Waals surface area contributed by atoms with E-state index in [1.165, 1.54) is 18.2 Å². The van der Waals surface area contributed by atoms with Crippen LogP contribution in [0.15, 0.2) is 24.3 Å². The predicted octanol–water partition coefficient (Wildman–Crippen LogP) is 0.500. The van der Waals surface area contributed by atoms with Gasteiger partial charge in [-0.3, -0.25) is 0 Å². The number of carboxylic acids is 1. The van der Waals surface area contributed by atoms with Crippen LogP contribution in [0.25, 0.3) is 5.69 Å². The zero-order valence-electron chi connectivity index (χ0n) is 7.33. The third kappa shape index (κ3) is 1.54. The summed E-state index contributed by atoms with van der Waals surface area (Å²) in [5.74, 6) is -2.34. The molecule has 0 fully saturated rings. The Labute approximate surface area is 83.0 Å². The van der Waals surface area contributed by atoms with Gasteiger partial charge in [0.25, 0.3) is 5.82 Å². The number of hydrogen-bond donors (Lipinski definition) is 1. The summed E-state index contributed by atoms with van der Waals surface area (Å²) in [6, 6.07) is 5.64. The number of nitrogens with zero attached hydrogens (tertiary/aromatic N) is 4. The summed E-state index contributed by atoms with van der Waals surface area (Å²) < 4.78 is 14.1. The van der Waals surface area contributed by atoms with Crippen molar-refractivity contribution in [2.24, 2.45) is 0 Å². The van der Waals surface area contributed by atoms with Gasteiger partial charge in [0, 0.05) is 0 Å². The molecular formula is C8H5FN4O2. The first-order chi connectivity index (χ1) is 7.20. The Morgan fingerprint density at radius 2 is 2.13 bits per heavy atom. The van der Waals surface area contributed by atoms with Gasteiger partial charge in [-0.25, -0.2) is 9.18 Å². The number of benzene rings is 1. The second-order valence-corrected chi connectivity index (χ2v) is 2.67. The number of carbonyl (C=O) groups is 1. The first-order valence-corrected chi connectivity index (χ1v) is 3.96. The molecule has 15 heavy (non-hydrogen) atoms. The highest BCUT2D eigenvalue weighted by molar-refractivity contribution is 5.83. The molecule has 1 N–H and O–H groups in total. The molecule has 0 unspecified atom stereocenters. The van der Waals surface area contributed by atoms with E-state index >= 15 is 0 Å². The number of aromatic nitrogens is 4. The third-order valence-corrected chi connectivity index (χ3v) is 1.74. The summed E-state index contributed by atoms with van der Waals surface area (Å²) in [4.78, 5) is 10.7. The molecule has 0 saturated carbocycles. The summed E-state index contributed by atoms with van der Waals surface area (Å²) in [6.45, 7) is 0. The van der Waals surface area contributed by atoms with Gasteiger partial charge in [0.1, 0.15) is 11.5 Å². The number of tetrazole rings is 1. The van der Waals surface area contributed by atoms with E-state index < -0.39 is 17.6 Å². The number of hydrogen-bond acceptors (Lipinski definition) is 4. The fourth-order valence-corrected chi connectivity index (χ4v) is 1.11. The van der Waals surface area contributed by atoms with E-state index in [1.807, 2.05) is 0 Å². The summed E-state index contributed by atoms with van der Waals surface area (Å²) in [7, 11) is 0. The van der Waals surface area contributed by atoms with E-state index in [0.717, 1.165) is 4.68 Å². The van der Waals surface area contributed by atoms with Crippen LogP contribution in [-0.2, 0) is 0 Å². The number of carboxylic acid groups (broad SMARTS) is 1.